The largest absolute Gasteiger partial charge is 0.449 e. The Bertz CT molecular complexity index is 786. The standard InChI is InChI=1S/C18H21N3O3/c1-3-18(2)23-14-5-4-13(11-15(14)24-18)20-17(22)12-6-8-21-9-7-19-16(21)10-12/h4-5,7,9,11-12H,3,6,8,10H2,1-2H3,(H,20,22)/t12-,18+/m0/s1. The van der Waals surface area contributed by atoms with Gasteiger partial charge in [-0.2, -0.15) is 0 Å². The van der Waals surface area contributed by atoms with Crippen LogP contribution < -0.4 is 14.8 Å². The zero-order chi connectivity index (χ0) is 16.7. The van der Waals surface area contributed by atoms with E-state index < -0.39 is 5.79 Å². The monoisotopic (exact) mass is 327 g/mol. The number of hydrogen-bond donors (Lipinski definition) is 1. The van der Waals surface area contributed by atoms with E-state index in [4.69, 9.17) is 9.47 Å². The summed E-state index contributed by atoms with van der Waals surface area (Å²) in [5.74, 6) is 1.73. The summed E-state index contributed by atoms with van der Waals surface area (Å²) in [6.45, 7) is 4.76. The summed E-state index contributed by atoms with van der Waals surface area (Å²) in [4.78, 5) is 16.9. The number of fused-ring (bicyclic) bond motifs is 2. The third-order valence-corrected chi connectivity index (χ3v) is 4.83. The minimum Gasteiger partial charge on any atom is -0.449 e. The van der Waals surface area contributed by atoms with E-state index in [0.717, 1.165) is 36.6 Å². The number of rotatable bonds is 3. The molecule has 0 saturated heterocycles. The summed E-state index contributed by atoms with van der Waals surface area (Å²) in [7, 11) is 0. The Balaban J connectivity index is 1.45. The molecule has 0 saturated carbocycles. The lowest BCUT2D eigenvalue weighted by molar-refractivity contribution is -0.120. The third-order valence-electron chi connectivity index (χ3n) is 4.83. The van der Waals surface area contributed by atoms with E-state index in [0.29, 0.717) is 12.2 Å². The number of carbonyl (C=O) groups is 1. The molecule has 2 atom stereocenters. The predicted molar refractivity (Wildman–Crippen MR) is 89.1 cm³/mol. The molecule has 0 bridgehead atoms. The fourth-order valence-electron chi connectivity index (χ4n) is 3.20. The molecule has 2 aliphatic rings. The molecule has 0 spiro atoms. The van der Waals surface area contributed by atoms with E-state index in [1.807, 2.05) is 38.2 Å². The van der Waals surface area contributed by atoms with E-state index >= 15 is 0 Å². The van der Waals surface area contributed by atoms with E-state index in [1.54, 1.807) is 6.20 Å². The number of hydrogen-bond acceptors (Lipinski definition) is 4. The van der Waals surface area contributed by atoms with Gasteiger partial charge in [-0.05, 0) is 18.6 Å². The molecule has 126 valence electrons. The first kappa shape index (κ1) is 15.1. The van der Waals surface area contributed by atoms with Crippen LogP contribution >= 0.6 is 0 Å². The van der Waals surface area contributed by atoms with Gasteiger partial charge in [-0.15, -0.1) is 0 Å². The molecule has 1 aromatic heterocycles. The van der Waals surface area contributed by atoms with Crippen LogP contribution in [-0.4, -0.2) is 21.2 Å². The molecule has 0 fully saturated rings. The van der Waals surface area contributed by atoms with Crippen LogP contribution in [0.4, 0.5) is 5.69 Å². The van der Waals surface area contributed by atoms with Crippen molar-refractivity contribution in [2.24, 2.45) is 5.92 Å². The van der Waals surface area contributed by atoms with Crippen molar-refractivity contribution in [3.8, 4) is 11.5 Å². The molecule has 2 aliphatic heterocycles. The van der Waals surface area contributed by atoms with Crippen molar-refractivity contribution in [3.05, 3.63) is 36.4 Å². The minimum absolute atomic E-state index is 0.0290. The van der Waals surface area contributed by atoms with Crippen LogP contribution in [-0.2, 0) is 17.8 Å². The van der Waals surface area contributed by atoms with Gasteiger partial charge in [0.05, 0.1) is 0 Å². The summed E-state index contributed by atoms with van der Waals surface area (Å²) < 4.78 is 13.8. The van der Waals surface area contributed by atoms with Crippen LogP contribution in [0.1, 0.15) is 32.5 Å². The molecule has 6 heteroatoms. The van der Waals surface area contributed by atoms with Gasteiger partial charge in [-0.3, -0.25) is 4.79 Å². The molecule has 3 heterocycles. The second-order valence-electron chi connectivity index (χ2n) is 6.57. The Morgan fingerprint density at radius 2 is 2.25 bits per heavy atom. The smallest absolute Gasteiger partial charge is 0.248 e. The van der Waals surface area contributed by atoms with Crippen molar-refractivity contribution in [2.45, 2.75) is 45.4 Å². The minimum atomic E-state index is -0.620. The average molecular weight is 327 g/mol. The highest BCUT2D eigenvalue weighted by molar-refractivity contribution is 5.93. The van der Waals surface area contributed by atoms with Crippen molar-refractivity contribution in [2.75, 3.05) is 5.32 Å². The highest BCUT2D eigenvalue weighted by Gasteiger charge is 2.35. The maximum absolute atomic E-state index is 12.6. The molecule has 2 aromatic rings. The first-order valence-corrected chi connectivity index (χ1v) is 8.39. The topological polar surface area (TPSA) is 65.4 Å². The number of aromatic nitrogens is 2. The van der Waals surface area contributed by atoms with E-state index in [2.05, 4.69) is 14.9 Å². The van der Waals surface area contributed by atoms with E-state index in [-0.39, 0.29) is 11.8 Å². The molecule has 0 radical (unpaired) electrons. The number of aryl methyl sites for hydroxylation is 1. The summed E-state index contributed by atoms with van der Waals surface area (Å²) in [5.41, 5.74) is 0.733. The molecular formula is C18H21N3O3. The summed E-state index contributed by atoms with van der Waals surface area (Å²) in [6.07, 6.45) is 6.01. The predicted octanol–water partition coefficient (Wildman–Crippen LogP) is 2.98. The summed E-state index contributed by atoms with van der Waals surface area (Å²) in [6, 6.07) is 5.53. The first-order chi connectivity index (χ1) is 11.6. The van der Waals surface area contributed by atoms with Gasteiger partial charge in [0.15, 0.2) is 11.5 Å². The number of anilines is 1. The zero-order valence-electron chi connectivity index (χ0n) is 13.9. The Hall–Kier alpha value is -2.50. The Kier molecular flexibility index (Phi) is 3.48. The average Bonchev–Trinajstić information content (AvgIpc) is 3.17. The van der Waals surface area contributed by atoms with Gasteiger partial charge in [-0.1, -0.05) is 6.92 Å². The zero-order valence-corrected chi connectivity index (χ0v) is 13.9. The van der Waals surface area contributed by atoms with Gasteiger partial charge in [0.1, 0.15) is 5.82 Å². The first-order valence-electron chi connectivity index (χ1n) is 8.39. The highest BCUT2D eigenvalue weighted by Crippen LogP contribution is 2.42. The molecular weight excluding hydrogens is 306 g/mol. The molecule has 24 heavy (non-hydrogen) atoms. The summed E-state index contributed by atoms with van der Waals surface area (Å²) in [5, 5.41) is 3.00. The van der Waals surface area contributed by atoms with Crippen molar-refractivity contribution >= 4 is 11.6 Å². The normalized spacial score (nSPS) is 24.5. The third kappa shape index (κ3) is 2.62. The van der Waals surface area contributed by atoms with Gasteiger partial charge in [0.25, 0.3) is 0 Å². The lowest BCUT2D eigenvalue weighted by atomic mass is 9.97. The fourth-order valence-corrected chi connectivity index (χ4v) is 3.20. The Morgan fingerprint density at radius 1 is 1.42 bits per heavy atom. The van der Waals surface area contributed by atoms with Crippen LogP contribution in [0.25, 0.3) is 0 Å². The number of nitrogens with one attached hydrogen (secondary N) is 1. The molecule has 1 amide bonds. The molecule has 0 aliphatic carbocycles. The number of amides is 1. The van der Waals surface area contributed by atoms with Crippen LogP contribution in [0, 0.1) is 5.92 Å². The van der Waals surface area contributed by atoms with E-state index in [1.165, 1.54) is 0 Å². The molecule has 1 aromatic carbocycles. The van der Waals surface area contributed by atoms with Gasteiger partial charge in [0.2, 0.25) is 11.7 Å². The molecule has 0 unspecified atom stereocenters. The molecule has 1 N–H and O–H groups in total. The number of carbonyl (C=O) groups excluding carboxylic acids is 1. The van der Waals surface area contributed by atoms with Gasteiger partial charge in [0, 0.05) is 56.4 Å². The lowest BCUT2D eigenvalue weighted by Gasteiger charge is -2.22. The van der Waals surface area contributed by atoms with Crippen LogP contribution in [0.15, 0.2) is 30.6 Å². The molecule has 6 nitrogen and oxygen atoms in total. The van der Waals surface area contributed by atoms with Crippen LogP contribution in [0.2, 0.25) is 0 Å². The Labute approximate surface area is 140 Å². The number of ether oxygens (including phenoxy) is 2. The number of imidazole rings is 1. The van der Waals surface area contributed by atoms with Crippen LogP contribution in [0.5, 0.6) is 11.5 Å². The van der Waals surface area contributed by atoms with Gasteiger partial charge >= 0.3 is 0 Å². The van der Waals surface area contributed by atoms with Gasteiger partial charge < -0.3 is 19.4 Å². The maximum atomic E-state index is 12.6. The highest BCUT2D eigenvalue weighted by atomic mass is 16.7. The van der Waals surface area contributed by atoms with Crippen molar-refractivity contribution < 1.29 is 14.3 Å². The van der Waals surface area contributed by atoms with Gasteiger partial charge in [-0.25, -0.2) is 4.98 Å². The molecule has 4 rings (SSSR count). The van der Waals surface area contributed by atoms with Crippen molar-refractivity contribution in [1.82, 2.24) is 9.55 Å². The van der Waals surface area contributed by atoms with Crippen molar-refractivity contribution in [3.63, 3.8) is 0 Å². The van der Waals surface area contributed by atoms with Crippen molar-refractivity contribution in [1.29, 1.82) is 0 Å². The number of benzene rings is 1. The van der Waals surface area contributed by atoms with Crippen LogP contribution in [0.3, 0.4) is 0 Å². The second-order valence-corrected chi connectivity index (χ2v) is 6.57. The SMILES string of the molecule is CC[C@]1(C)Oc2ccc(NC(=O)[C@H]3CCn4ccnc4C3)cc2O1. The number of nitrogens with zero attached hydrogens (tertiary/aromatic N) is 2. The fraction of sp³-hybridized carbons (Fsp3) is 0.444. The summed E-state index contributed by atoms with van der Waals surface area (Å²) >= 11 is 0. The second kappa shape index (κ2) is 5.54. The quantitative estimate of drug-likeness (QED) is 0.941. The van der Waals surface area contributed by atoms with E-state index in [9.17, 15) is 4.79 Å². The maximum Gasteiger partial charge on any atom is 0.248 e. The lowest BCUT2D eigenvalue weighted by Crippen LogP contribution is -2.33. The Morgan fingerprint density at radius 3 is 3.08 bits per heavy atom.